The SMILES string of the molecule is c1ccc(-c2cccc(-c3ccc(N(c4ccc(-c5ccc6ccccc6c5)cc4)c4ccccc4-c4ccccc4-n4c5ccccc5c5cc(-c6ccccc6)ccc54)cc3)c2)cc1. The largest absolute Gasteiger partial charge is 0.310 e. The summed E-state index contributed by atoms with van der Waals surface area (Å²) in [5, 5.41) is 4.95. The van der Waals surface area contributed by atoms with Crippen LogP contribution in [0.5, 0.6) is 0 Å². The average molecular weight is 841 g/mol. The van der Waals surface area contributed by atoms with Gasteiger partial charge in [0.25, 0.3) is 0 Å². The van der Waals surface area contributed by atoms with Crippen LogP contribution in [0.25, 0.3) is 93.9 Å². The molecule has 310 valence electrons. The van der Waals surface area contributed by atoms with Crippen molar-refractivity contribution in [2.24, 2.45) is 0 Å². The fraction of sp³-hybridized carbons (Fsp3) is 0. The minimum Gasteiger partial charge on any atom is -0.310 e. The van der Waals surface area contributed by atoms with Gasteiger partial charge in [0.1, 0.15) is 0 Å². The van der Waals surface area contributed by atoms with Crippen molar-refractivity contribution in [1.29, 1.82) is 0 Å². The number of fused-ring (bicyclic) bond motifs is 4. The molecule has 12 aromatic rings. The normalized spacial score (nSPS) is 11.3. The number of para-hydroxylation sites is 3. The Morgan fingerprint density at radius 3 is 1.42 bits per heavy atom. The number of benzene rings is 11. The van der Waals surface area contributed by atoms with Gasteiger partial charge in [-0.1, -0.05) is 200 Å². The number of anilines is 3. The maximum Gasteiger partial charge on any atom is 0.0541 e. The Balaban J connectivity index is 1.00. The van der Waals surface area contributed by atoms with Crippen LogP contribution in [0, 0.1) is 0 Å². The van der Waals surface area contributed by atoms with Gasteiger partial charge in [-0.2, -0.15) is 0 Å². The van der Waals surface area contributed by atoms with Crippen molar-refractivity contribution in [3.05, 3.63) is 267 Å². The van der Waals surface area contributed by atoms with Crippen LogP contribution < -0.4 is 4.90 Å². The van der Waals surface area contributed by atoms with E-state index in [1.807, 2.05) is 0 Å². The molecule has 0 aliphatic heterocycles. The summed E-state index contributed by atoms with van der Waals surface area (Å²) in [7, 11) is 0. The first-order chi connectivity index (χ1) is 32.7. The van der Waals surface area contributed by atoms with E-state index in [4.69, 9.17) is 0 Å². The van der Waals surface area contributed by atoms with E-state index in [0.717, 1.165) is 33.9 Å². The molecule has 2 nitrogen and oxygen atoms in total. The van der Waals surface area contributed by atoms with Crippen molar-refractivity contribution < 1.29 is 0 Å². The minimum absolute atomic E-state index is 1.08. The highest BCUT2D eigenvalue weighted by atomic mass is 15.1. The van der Waals surface area contributed by atoms with Gasteiger partial charge in [0.2, 0.25) is 0 Å². The van der Waals surface area contributed by atoms with E-state index in [0.29, 0.717) is 0 Å². The molecule has 66 heavy (non-hydrogen) atoms. The van der Waals surface area contributed by atoms with Crippen LogP contribution in [0.2, 0.25) is 0 Å². The third-order valence-corrected chi connectivity index (χ3v) is 13.0. The van der Waals surface area contributed by atoms with Crippen molar-refractivity contribution in [2.75, 3.05) is 4.90 Å². The Kier molecular flexibility index (Phi) is 9.89. The van der Waals surface area contributed by atoms with E-state index in [-0.39, 0.29) is 0 Å². The first-order valence-corrected chi connectivity index (χ1v) is 22.7. The number of aromatic nitrogens is 1. The van der Waals surface area contributed by atoms with Gasteiger partial charge < -0.3 is 9.47 Å². The smallest absolute Gasteiger partial charge is 0.0541 e. The summed E-state index contributed by atoms with van der Waals surface area (Å²) in [5.41, 5.74) is 18.6. The zero-order valence-electron chi connectivity index (χ0n) is 36.3. The van der Waals surface area contributed by atoms with E-state index in [1.165, 1.54) is 77.1 Å². The molecule has 0 unspecified atom stereocenters. The molecule has 12 rings (SSSR count). The lowest BCUT2D eigenvalue weighted by Gasteiger charge is -2.29. The van der Waals surface area contributed by atoms with Crippen molar-refractivity contribution in [2.45, 2.75) is 0 Å². The highest BCUT2D eigenvalue weighted by Gasteiger charge is 2.22. The highest BCUT2D eigenvalue weighted by molar-refractivity contribution is 6.11. The molecular formula is C64H44N2. The summed E-state index contributed by atoms with van der Waals surface area (Å²) in [5.74, 6) is 0. The van der Waals surface area contributed by atoms with E-state index in [2.05, 4.69) is 276 Å². The quantitative estimate of drug-likeness (QED) is 0.141. The van der Waals surface area contributed by atoms with Crippen LogP contribution in [0.15, 0.2) is 267 Å². The number of hydrogen-bond acceptors (Lipinski definition) is 1. The van der Waals surface area contributed by atoms with Crippen LogP contribution in [0.3, 0.4) is 0 Å². The fourth-order valence-corrected chi connectivity index (χ4v) is 9.75. The summed E-state index contributed by atoms with van der Waals surface area (Å²) in [4.78, 5) is 2.42. The van der Waals surface area contributed by atoms with Crippen LogP contribution in [-0.4, -0.2) is 4.57 Å². The lowest BCUT2D eigenvalue weighted by Crippen LogP contribution is -2.11. The zero-order valence-corrected chi connectivity index (χ0v) is 36.3. The molecule has 0 aliphatic carbocycles. The Bertz CT molecular complexity index is 3680. The van der Waals surface area contributed by atoms with E-state index >= 15 is 0 Å². The monoisotopic (exact) mass is 840 g/mol. The van der Waals surface area contributed by atoms with Crippen LogP contribution >= 0.6 is 0 Å². The predicted molar refractivity (Wildman–Crippen MR) is 280 cm³/mol. The number of hydrogen-bond donors (Lipinski definition) is 0. The summed E-state index contributed by atoms with van der Waals surface area (Å²) in [6, 6.07) is 96.9. The molecule has 2 heteroatoms. The molecule has 11 aromatic carbocycles. The second-order valence-corrected chi connectivity index (χ2v) is 16.9. The molecular weight excluding hydrogens is 797 g/mol. The summed E-state index contributed by atoms with van der Waals surface area (Å²) in [6.45, 7) is 0. The number of rotatable bonds is 9. The minimum atomic E-state index is 1.08. The molecule has 0 fully saturated rings. The molecule has 0 saturated carbocycles. The van der Waals surface area contributed by atoms with E-state index < -0.39 is 0 Å². The first kappa shape index (κ1) is 38.9. The number of nitrogens with zero attached hydrogens (tertiary/aromatic N) is 2. The summed E-state index contributed by atoms with van der Waals surface area (Å²) >= 11 is 0. The van der Waals surface area contributed by atoms with Crippen molar-refractivity contribution in [3.8, 4) is 61.3 Å². The molecule has 0 radical (unpaired) electrons. The van der Waals surface area contributed by atoms with Crippen molar-refractivity contribution >= 4 is 49.6 Å². The van der Waals surface area contributed by atoms with Crippen LogP contribution in [0.4, 0.5) is 17.1 Å². The summed E-state index contributed by atoms with van der Waals surface area (Å²) < 4.78 is 2.45. The maximum absolute atomic E-state index is 2.45. The molecule has 1 aromatic heterocycles. The molecule has 0 atom stereocenters. The fourth-order valence-electron chi connectivity index (χ4n) is 9.75. The molecule has 0 spiro atoms. The third-order valence-electron chi connectivity index (χ3n) is 13.0. The second kappa shape index (κ2) is 16.8. The van der Waals surface area contributed by atoms with Gasteiger partial charge in [0.15, 0.2) is 0 Å². The molecule has 0 bridgehead atoms. The predicted octanol–water partition coefficient (Wildman–Crippen LogP) is 17.7. The van der Waals surface area contributed by atoms with Gasteiger partial charge in [0.05, 0.1) is 22.4 Å². The van der Waals surface area contributed by atoms with Crippen LogP contribution in [-0.2, 0) is 0 Å². The summed E-state index contributed by atoms with van der Waals surface area (Å²) in [6.07, 6.45) is 0. The Labute approximate surface area is 385 Å². The lowest BCUT2D eigenvalue weighted by atomic mass is 9.97. The Hall–Kier alpha value is -8.72. The third kappa shape index (κ3) is 7.12. The molecule has 0 aliphatic rings. The van der Waals surface area contributed by atoms with Gasteiger partial charge in [0, 0.05) is 33.3 Å². The highest BCUT2D eigenvalue weighted by Crippen LogP contribution is 2.45. The van der Waals surface area contributed by atoms with Crippen molar-refractivity contribution in [3.63, 3.8) is 0 Å². The van der Waals surface area contributed by atoms with E-state index in [1.54, 1.807) is 0 Å². The van der Waals surface area contributed by atoms with Gasteiger partial charge in [-0.25, -0.2) is 0 Å². The van der Waals surface area contributed by atoms with Gasteiger partial charge in [-0.3, -0.25) is 0 Å². The molecule has 0 amide bonds. The standard InChI is InChI=1S/C64H44N2/c1-3-16-45(17-4-1)51-22-15-23-52(42-51)48-32-37-55(38-33-48)65(56-39-34-49(35-40-56)53-31-30-47-20-7-8-21-50(47)43-53)61-27-12-9-24-57(61)58-25-10-13-28-62(58)66-63-29-14-11-26-59(63)60-44-54(36-41-64(60)66)46-18-5-2-6-19-46/h1-44H. The second-order valence-electron chi connectivity index (χ2n) is 16.9. The van der Waals surface area contributed by atoms with Gasteiger partial charge >= 0.3 is 0 Å². The Morgan fingerprint density at radius 2 is 0.727 bits per heavy atom. The van der Waals surface area contributed by atoms with E-state index in [9.17, 15) is 0 Å². The molecule has 0 N–H and O–H groups in total. The van der Waals surface area contributed by atoms with Crippen molar-refractivity contribution in [1.82, 2.24) is 4.57 Å². The van der Waals surface area contributed by atoms with Crippen LogP contribution in [0.1, 0.15) is 0 Å². The molecule has 1 heterocycles. The topological polar surface area (TPSA) is 8.17 Å². The molecule has 0 saturated heterocycles. The maximum atomic E-state index is 2.45. The first-order valence-electron chi connectivity index (χ1n) is 22.7. The lowest BCUT2D eigenvalue weighted by molar-refractivity contribution is 1.18. The van der Waals surface area contributed by atoms with Gasteiger partial charge in [-0.15, -0.1) is 0 Å². The zero-order chi connectivity index (χ0) is 43.8. The average Bonchev–Trinajstić information content (AvgIpc) is 3.73. The van der Waals surface area contributed by atoms with Gasteiger partial charge in [-0.05, 0) is 122 Å². The Morgan fingerprint density at radius 1 is 0.258 bits per heavy atom.